The number of halogens is 1. The van der Waals surface area contributed by atoms with Crippen LogP contribution >= 0.6 is 22.9 Å². The van der Waals surface area contributed by atoms with Gasteiger partial charge in [0.15, 0.2) is 5.13 Å². The second kappa shape index (κ2) is 12.7. The van der Waals surface area contributed by atoms with Crippen LogP contribution in [0, 0.1) is 0 Å². The molecule has 1 heterocycles. The number of rotatable bonds is 11. The Morgan fingerprint density at radius 2 is 1.78 bits per heavy atom. The molecule has 0 unspecified atom stereocenters. The minimum atomic E-state index is -0.0879. The minimum Gasteiger partial charge on any atom is -0.348 e. The largest absolute Gasteiger partial charge is 0.348 e. The number of nitrogens with zero attached hydrogens (tertiary/aromatic N) is 2. The molecule has 1 amide bonds. The maximum atomic E-state index is 12.7. The fourth-order valence-electron chi connectivity index (χ4n) is 3.89. The summed E-state index contributed by atoms with van der Waals surface area (Å²) in [5.41, 5.74) is 11.6. The van der Waals surface area contributed by atoms with Gasteiger partial charge in [-0.05, 0) is 47.4 Å². The number of unbranched alkanes of at least 4 members (excludes halogenated alkanes) is 1. The van der Waals surface area contributed by atoms with Crippen molar-refractivity contribution < 1.29 is 4.79 Å². The highest BCUT2D eigenvalue weighted by Gasteiger charge is 2.14. The summed E-state index contributed by atoms with van der Waals surface area (Å²) >= 11 is 7.69. The molecule has 0 saturated heterocycles. The molecule has 0 aliphatic rings. The number of nitrogens with one attached hydrogen (secondary N) is 1. The number of aromatic nitrogens is 1. The molecule has 0 aliphatic heterocycles. The number of hydrogen-bond donors (Lipinski definition) is 2. The summed E-state index contributed by atoms with van der Waals surface area (Å²) in [7, 11) is 0. The number of thiazole rings is 1. The van der Waals surface area contributed by atoms with Gasteiger partial charge in [-0.1, -0.05) is 73.5 Å². The highest BCUT2D eigenvalue weighted by molar-refractivity contribution is 7.14. The van der Waals surface area contributed by atoms with E-state index in [0.717, 1.165) is 64.0 Å². The van der Waals surface area contributed by atoms with Gasteiger partial charge in [0.2, 0.25) is 0 Å². The van der Waals surface area contributed by atoms with E-state index in [1.807, 2.05) is 72.8 Å². The zero-order valence-electron chi connectivity index (χ0n) is 20.4. The van der Waals surface area contributed by atoms with E-state index in [2.05, 4.69) is 22.5 Å². The van der Waals surface area contributed by atoms with Gasteiger partial charge in [-0.2, -0.15) is 0 Å². The van der Waals surface area contributed by atoms with Crippen LogP contribution in [0.2, 0.25) is 5.02 Å². The maximum absolute atomic E-state index is 12.7. The van der Waals surface area contributed by atoms with E-state index < -0.39 is 0 Å². The monoisotopic (exact) mass is 518 g/mol. The van der Waals surface area contributed by atoms with Crippen molar-refractivity contribution in [3.8, 4) is 11.3 Å². The number of hydrogen-bond acceptors (Lipinski definition) is 5. The summed E-state index contributed by atoms with van der Waals surface area (Å²) in [4.78, 5) is 19.9. The molecule has 0 fully saturated rings. The Kier molecular flexibility index (Phi) is 9.11. The van der Waals surface area contributed by atoms with Crippen LogP contribution in [0.25, 0.3) is 11.3 Å². The molecule has 0 saturated carbocycles. The molecule has 0 radical (unpaired) electrons. The molecule has 4 rings (SSSR count). The number of anilines is 1. The highest BCUT2D eigenvalue weighted by atomic mass is 35.5. The van der Waals surface area contributed by atoms with Crippen LogP contribution in [0.4, 0.5) is 5.13 Å². The van der Waals surface area contributed by atoms with E-state index in [4.69, 9.17) is 22.3 Å². The van der Waals surface area contributed by atoms with Crippen LogP contribution in [-0.4, -0.2) is 17.4 Å². The molecule has 0 spiro atoms. The molecule has 1 aromatic heterocycles. The second-order valence-corrected chi connectivity index (χ2v) is 9.97. The Morgan fingerprint density at radius 3 is 2.50 bits per heavy atom. The molecule has 5 nitrogen and oxygen atoms in total. The van der Waals surface area contributed by atoms with Crippen molar-refractivity contribution in [2.24, 2.45) is 5.73 Å². The quantitative estimate of drug-likeness (QED) is 0.233. The summed E-state index contributed by atoms with van der Waals surface area (Å²) in [6.45, 7) is 4.82. The lowest BCUT2D eigenvalue weighted by molar-refractivity contribution is 0.0951. The molecular weight excluding hydrogens is 488 g/mol. The predicted molar refractivity (Wildman–Crippen MR) is 150 cm³/mol. The highest BCUT2D eigenvalue weighted by Crippen LogP contribution is 2.29. The van der Waals surface area contributed by atoms with Gasteiger partial charge in [-0.25, -0.2) is 4.98 Å². The van der Waals surface area contributed by atoms with Gasteiger partial charge >= 0.3 is 0 Å². The first kappa shape index (κ1) is 25.9. The fourth-order valence-corrected chi connectivity index (χ4v) is 4.87. The second-order valence-electron chi connectivity index (χ2n) is 8.70. The Bertz CT molecular complexity index is 1270. The Morgan fingerprint density at radius 1 is 1.03 bits per heavy atom. The fraction of sp³-hybridized carbons (Fsp3) is 0.241. The Labute approximate surface area is 221 Å². The Balaban J connectivity index is 1.40. The first-order valence-electron chi connectivity index (χ1n) is 12.2. The smallest absolute Gasteiger partial charge is 0.251 e. The van der Waals surface area contributed by atoms with Crippen LogP contribution in [0.5, 0.6) is 0 Å². The summed E-state index contributed by atoms with van der Waals surface area (Å²) in [5, 5.41) is 6.80. The first-order valence-corrected chi connectivity index (χ1v) is 13.4. The van der Waals surface area contributed by atoms with E-state index in [-0.39, 0.29) is 5.91 Å². The number of benzene rings is 3. The average molecular weight is 519 g/mol. The van der Waals surface area contributed by atoms with E-state index in [0.29, 0.717) is 18.7 Å². The number of carbonyl (C=O) groups excluding carboxylic acids is 1. The zero-order chi connectivity index (χ0) is 25.3. The molecule has 7 heteroatoms. The van der Waals surface area contributed by atoms with Gasteiger partial charge in [0, 0.05) is 47.7 Å². The first-order chi connectivity index (χ1) is 17.6. The third-order valence-corrected chi connectivity index (χ3v) is 7.11. The summed E-state index contributed by atoms with van der Waals surface area (Å²) in [6.07, 6.45) is 2.20. The lowest BCUT2D eigenvalue weighted by Gasteiger charge is -2.22. The van der Waals surface area contributed by atoms with E-state index in [9.17, 15) is 4.79 Å². The van der Waals surface area contributed by atoms with Crippen molar-refractivity contribution in [1.82, 2.24) is 10.3 Å². The van der Waals surface area contributed by atoms with Gasteiger partial charge in [0.25, 0.3) is 5.91 Å². The van der Waals surface area contributed by atoms with Crippen molar-refractivity contribution in [3.63, 3.8) is 0 Å². The molecule has 0 bridgehead atoms. The molecule has 0 atom stereocenters. The van der Waals surface area contributed by atoms with Crippen molar-refractivity contribution >= 4 is 34.0 Å². The Hall–Kier alpha value is -3.19. The molecule has 186 valence electrons. The number of nitrogens with two attached hydrogens (primary N) is 1. The number of amides is 1. The van der Waals surface area contributed by atoms with Gasteiger partial charge in [-0.3, -0.25) is 4.79 Å². The molecule has 0 aliphatic carbocycles. The van der Waals surface area contributed by atoms with Gasteiger partial charge in [0.05, 0.1) is 5.69 Å². The van der Waals surface area contributed by atoms with Crippen LogP contribution in [-0.2, 0) is 19.6 Å². The summed E-state index contributed by atoms with van der Waals surface area (Å²) in [6, 6.07) is 23.6. The maximum Gasteiger partial charge on any atom is 0.251 e. The molecule has 3 aromatic carbocycles. The third kappa shape index (κ3) is 6.94. The van der Waals surface area contributed by atoms with Gasteiger partial charge in [-0.15, -0.1) is 11.3 Å². The predicted octanol–water partition coefficient (Wildman–Crippen LogP) is 6.66. The molecule has 3 N–H and O–H groups in total. The van der Waals surface area contributed by atoms with Gasteiger partial charge < -0.3 is 16.0 Å². The van der Waals surface area contributed by atoms with Crippen LogP contribution in [0.15, 0.2) is 78.2 Å². The molecule has 4 aromatic rings. The van der Waals surface area contributed by atoms with Crippen molar-refractivity contribution in [1.29, 1.82) is 0 Å². The van der Waals surface area contributed by atoms with E-state index in [1.54, 1.807) is 11.3 Å². The topological polar surface area (TPSA) is 71.2 Å². The normalized spacial score (nSPS) is 10.9. The lowest BCUT2D eigenvalue weighted by Crippen LogP contribution is -2.24. The van der Waals surface area contributed by atoms with Gasteiger partial charge in [0.1, 0.15) is 0 Å². The zero-order valence-corrected chi connectivity index (χ0v) is 22.0. The number of carbonyl (C=O) groups is 1. The SMILES string of the molecule is CCCCN(Cc1ccc(C(=O)NCc2cccc(CN)c2)cc1)c1nc(-c2ccc(Cl)cc2)cs1. The third-order valence-electron chi connectivity index (χ3n) is 5.95. The van der Waals surface area contributed by atoms with Crippen LogP contribution in [0.3, 0.4) is 0 Å². The molecular formula is C29H31ClN4OS. The lowest BCUT2D eigenvalue weighted by atomic mass is 10.1. The van der Waals surface area contributed by atoms with Crippen molar-refractivity contribution in [3.05, 3.63) is 105 Å². The standard InChI is InChI=1S/C29H31ClN4OS/c1-2-3-15-34(29-33-27(20-36-29)24-11-13-26(30)14-12-24)19-21-7-9-25(10-8-21)28(35)32-18-23-6-4-5-22(16-23)17-31/h4-14,16,20H,2-3,15,17-19,31H2,1H3,(H,32,35). The van der Waals surface area contributed by atoms with E-state index >= 15 is 0 Å². The molecule has 36 heavy (non-hydrogen) atoms. The van der Waals surface area contributed by atoms with Crippen LogP contribution in [0.1, 0.15) is 46.8 Å². The minimum absolute atomic E-state index is 0.0879. The summed E-state index contributed by atoms with van der Waals surface area (Å²) < 4.78 is 0. The van der Waals surface area contributed by atoms with E-state index in [1.165, 1.54) is 0 Å². The van der Waals surface area contributed by atoms with Crippen molar-refractivity contribution in [2.75, 3.05) is 11.4 Å². The van der Waals surface area contributed by atoms with Crippen molar-refractivity contribution in [2.45, 2.75) is 39.4 Å². The average Bonchev–Trinajstić information content (AvgIpc) is 3.41. The summed E-state index contributed by atoms with van der Waals surface area (Å²) in [5.74, 6) is -0.0879. The van der Waals surface area contributed by atoms with Crippen LogP contribution < -0.4 is 16.0 Å².